The predicted octanol–water partition coefficient (Wildman–Crippen LogP) is 3.98. The molecule has 0 spiro atoms. The molecule has 106 valence electrons. The van der Waals surface area contributed by atoms with Crippen LogP contribution in [0.5, 0.6) is 0 Å². The van der Waals surface area contributed by atoms with Gasteiger partial charge in [-0.1, -0.05) is 23.2 Å². The zero-order valence-corrected chi connectivity index (χ0v) is 12.3. The number of fused-ring (bicyclic) bond motifs is 1. The number of nitrogens with zero attached hydrogens (tertiary/aromatic N) is 4. The lowest BCUT2D eigenvalue weighted by Crippen LogP contribution is -1.87. The van der Waals surface area contributed by atoms with Crippen LogP contribution in [0.2, 0.25) is 10.3 Å². The number of rotatable bonds is 3. The molecule has 21 heavy (non-hydrogen) atoms. The number of hydrogen-bond donors (Lipinski definition) is 0. The highest BCUT2D eigenvalue weighted by Crippen LogP contribution is 2.30. The Morgan fingerprint density at radius 1 is 1.14 bits per heavy atom. The molecule has 0 aliphatic heterocycles. The van der Waals surface area contributed by atoms with E-state index in [-0.39, 0.29) is 26.4 Å². The van der Waals surface area contributed by atoms with Crippen LogP contribution < -0.4 is 0 Å². The maximum Gasteiger partial charge on any atom is 0.271 e. The van der Waals surface area contributed by atoms with E-state index in [1.165, 1.54) is 24.3 Å². The molecule has 0 radical (unpaired) electrons. The lowest BCUT2D eigenvalue weighted by Gasteiger charge is -1.96. The van der Waals surface area contributed by atoms with Gasteiger partial charge in [-0.25, -0.2) is 15.0 Å². The highest BCUT2D eigenvalue weighted by molar-refractivity contribution is 7.98. The average molecular weight is 343 g/mol. The minimum absolute atomic E-state index is 0.0607. The molecule has 2 aromatic heterocycles. The zero-order valence-electron chi connectivity index (χ0n) is 9.99. The van der Waals surface area contributed by atoms with Crippen molar-refractivity contribution in [2.75, 3.05) is 0 Å². The third kappa shape index (κ3) is 3.07. The van der Waals surface area contributed by atoms with E-state index in [1.807, 2.05) is 0 Å². The van der Waals surface area contributed by atoms with E-state index in [0.717, 1.165) is 11.8 Å². The fourth-order valence-corrected chi connectivity index (χ4v) is 2.79. The van der Waals surface area contributed by atoms with Crippen molar-refractivity contribution in [3.63, 3.8) is 0 Å². The summed E-state index contributed by atoms with van der Waals surface area (Å²) in [6.07, 6.45) is 0. The smallest absolute Gasteiger partial charge is 0.271 e. The molecule has 0 bridgehead atoms. The van der Waals surface area contributed by atoms with Crippen LogP contribution in [-0.2, 0) is 0 Å². The lowest BCUT2D eigenvalue weighted by molar-refractivity contribution is -0.384. The number of nitro groups is 1. The molecule has 0 amide bonds. The van der Waals surface area contributed by atoms with Gasteiger partial charge in [-0.05, 0) is 6.07 Å². The molecule has 3 aromatic rings. The van der Waals surface area contributed by atoms with Gasteiger partial charge in [0, 0.05) is 30.0 Å². The molecule has 0 unspecified atom stereocenters. The van der Waals surface area contributed by atoms with Gasteiger partial charge in [0.1, 0.15) is 15.8 Å². The Morgan fingerprint density at radius 3 is 2.52 bits per heavy atom. The van der Waals surface area contributed by atoms with E-state index in [0.29, 0.717) is 11.1 Å². The first-order chi connectivity index (χ1) is 10.0. The van der Waals surface area contributed by atoms with Gasteiger partial charge < -0.3 is 4.42 Å². The number of aromatic nitrogens is 3. The van der Waals surface area contributed by atoms with Crippen molar-refractivity contribution in [2.24, 2.45) is 0 Å². The van der Waals surface area contributed by atoms with Gasteiger partial charge in [-0.15, -0.1) is 0 Å². The van der Waals surface area contributed by atoms with Gasteiger partial charge in [0.15, 0.2) is 10.7 Å². The normalized spacial score (nSPS) is 11.0. The van der Waals surface area contributed by atoms with Crippen molar-refractivity contribution in [1.29, 1.82) is 0 Å². The summed E-state index contributed by atoms with van der Waals surface area (Å²) < 4.78 is 5.45. The molecule has 10 heteroatoms. The van der Waals surface area contributed by atoms with E-state index in [4.69, 9.17) is 27.6 Å². The predicted molar refractivity (Wildman–Crippen MR) is 76.8 cm³/mol. The van der Waals surface area contributed by atoms with Crippen molar-refractivity contribution < 1.29 is 9.34 Å². The van der Waals surface area contributed by atoms with Gasteiger partial charge in [-0.2, -0.15) is 0 Å². The van der Waals surface area contributed by atoms with Crippen LogP contribution in [0.1, 0.15) is 0 Å². The van der Waals surface area contributed by atoms with Crippen molar-refractivity contribution in [2.45, 2.75) is 10.4 Å². The summed E-state index contributed by atoms with van der Waals surface area (Å²) in [7, 11) is 0. The maximum atomic E-state index is 10.7. The van der Waals surface area contributed by atoms with E-state index in [9.17, 15) is 10.1 Å². The minimum atomic E-state index is -0.499. The number of oxazole rings is 1. The molecular formula is C11H4Cl2N4O3S. The topological polar surface area (TPSA) is 95.0 Å². The zero-order chi connectivity index (χ0) is 15.0. The standard InChI is InChI=1S/C11H4Cl2N4O3S/c12-8-4-9(13)16-10(15-8)21-11-14-6-3-5(17(18)19)1-2-7(6)20-11/h1-4H. The number of benzene rings is 1. The molecule has 0 aliphatic rings. The number of halogens is 2. The Labute approximate surface area is 131 Å². The molecule has 0 N–H and O–H groups in total. The number of hydrogen-bond acceptors (Lipinski definition) is 7. The quantitative estimate of drug-likeness (QED) is 0.307. The summed E-state index contributed by atoms with van der Waals surface area (Å²) in [4.78, 5) is 22.3. The molecule has 1 aromatic carbocycles. The van der Waals surface area contributed by atoms with Gasteiger partial charge in [0.05, 0.1) is 4.92 Å². The Morgan fingerprint density at radius 2 is 1.86 bits per heavy atom. The SMILES string of the molecule is O=[N+]([O-])c1ccc2oc(Sc3nc(Cl)cc(Cl)n3)nc2c1. The molecule has 0 aliphatic carbocycles. The highest BCUT2D eigenvalue weighted by atomic mass is 35.5. The van der Waals surface area contributed by atoms with Crippen LogP contribution in [-0.4, -0.2) is 19.9 Å². The lowest BCUT2D eigenvalue weighted by atomic mass is 10.3. The molecule has 2 heterocycles. The fourth-order valence-electron chi connectivity index (χ4n) is 1.55. The summed E-state index contributed by atoms with van der Waals surface area (Å²) in [5, 5.41) is 11.6. The first-order valence-electron chi connectivity index (χ1n) is 5.44. The van der Waals surface area contributed by atoms with Gasteiger partial charge >= 0.3 is 0 Å². The number of nitro benzene ring substituents is 1. The molecule has 0 fully saturated rings. The second-order valence-corrected chi connectivity index (χ2v) is 5.48. The van der Waals surface area contributed by atoms with Crippen molar-refractivity contribution in [3.8, 4) is 0 Å². The van der Waals surface area contributed by atoms with Crippen LogP contribution >= 0.6 is 35.0 Å². The molecule has 0 saturated heterocycles. The van der Waals surface area contributed by atoms with Gasteiger partial charge in [0.25, 0.3) is 10.9 Å². The number of non-ortho nitro benzene ring substituents is 1. The van der Waals surface area contributed by atoms with Crippen LogP contribution in [0, 0.1) is 10.1 Å². The second-order valence-electron chi connectivity index (χ2n) is 3.79. The van der Waals surface area contributed by atoms with Crippen LogP contribution in [0.3, 0.4) is 0 Å². The third-order valence-electron chi connectivity index (χ3n) is 2.38. The average Bonchev–Trinajstić information content (AvgIpc) is 2.78. The highest BCUT2D eigenvalue weighted by Gasteiger charge is 2.14. The fraction of sp³-hybridized carbons (Fsp3) is 0. The molecule has 0 atom stereocenters. The Kier molecular flexibility index (Phi) is 3.66. The summed E-state index contributed by atoms with van der Waals surface area (Å²) in [6.45, 7) is 0. The summed E-state index contributed by atoms with van der Waals surface area (Å²) in [5.74, 6) is 0. The van der Waals surface area contributed by atoms with E-state index < -0.39 is 4.92 Å². The van der Waals surface area contributed by atoms with Crippen molar-refractivity contribution >= 4 is 51.8 Å². The Hall–Kier alpha value is -1.90. The van der Waals surface area contributed by atoms with Crippen LogP contribution in [0.25, 0.3) is 11.1 Å². The van der Waals surface area contributed by atoms with Crippen molar-refractivity contribution in [1.82, 2.24) is 15.0 Å². The molecule has 0 saturated carbocycles. The van der Waals surface area contributed by atoms with Crippen molar-refractivity contribution in [3.05, 3.63) is 44.7 Å². The van der Waals surface area contributed by atoms with Crippen LogP contribution in [0.4, 0.5) is 5.69 Å². The van der Waals surface area contributed by atoms with E-state index >= 15 is 0 Å². The van der Waals surface area contributed by atoms with Gasteiger partial charge in [0.2, 0.25) is 0 Å². The monoisotopic (exact) mass is 342 g/mol. The Balaban J connectivity index is 1.95. The van der Waals surface area contributed by atoms with E-state index in [2.05, 4.69) is 15.0 Å². The molecular weight excluding hydrogens is 339 g/mol. The van der Waals surface area contributed by atoms with Gasteiger partial charge in [-0.3, -0.25) is 10.1 Å². The Bertz CT molecular complexity index is 834. The van der Waals surface area contributed by atoms with E-state index in [1.54, 1.807) is 0 Å². The summed E-state index contributed by atoms with van der Waals surface area (Å²) >= 11 is 12.6. The third-order valence-corrected chi connectivity index (χ3v) is 3.49. The minimum Gasteiger partial charge on any atom is -0.431 e. The molecule has 3 rings (SSSR count). The molecule has 7 nitrogen and oxygen atoms in total. The van der Waals surface area contributed by atoms with Crippen LogP contribution in [0.15, 0.2) is 39.1 Å². The first-order valence-corrected chi connectivity index (χ1v) is 7.01. The second kappa shape index (κ2) is 5.47. The summed E-state index contributed by atoms with van der Waals surface area (Å²) in [5.41, 5.74) is 0.741. The maximum absolute atomic E-state index is 10.7. The largest absolute Gasteiger partial charge is 0.431 e. The summed E-state index contributed by atoms with van der Waals surface area (Å²) in [6, 6.07) is 5.56. The first kappa shape index (κ1) is 14.1.